The van der Waals surface area contributed by atoms with Gasteiger partial charge in [-0.3, -0.25) is 10.00 Å². The SMILES string of the molecule is CCC(C)c1c(NC(=O)Nc2cc(C(F)(F)F)nn2C)cnn2cc(Cl)nc12. The second-order valence-corrected chi connectivity index (χ2v) is 6.62. The van der Waals surface area contributed by atoms with Crippen LogP contribution >= 0.6 is 11.6 Å². The Bertz CT molecular complexity index is 1030. The fourth-order valence-electron chi connectivity index (χ4n) is 2.71. The van der Waals surface area contributed by atoms with Gasteiger partial charge in [0, 0.05) is 18.7 Å². The van der Waals surface area contributed by atoms with Crippen LogP contribution in [0.1, 0.15) is 37.4 Å². The Labute approximate surface area is 162 Å². The molecule has 28 heavy (non-hydrogen) atoms. The molecule has 3 heterocycles. The van der Waals surface area contributed by atoms with Gasteiger partial charge >= 0.3 is 12.2 Å². The third-order valence-electron chi connectivity index (χ3n) is 4.27. The number of aromatic nitrogens is 5. The van der Waals surface area contributed by atoms with Crippen molar-refractivity contribution in [2.75, 3.05) is 10.6 Å². The van der Waals surface area contributed by atoms with E-state index < -0.39 is 17.9 Å². The third kappa shape index (κ3) is 3.88. The lowest BCUT2D eigenvalue weighted by atomic mass is 9.98. The number of alkyl halides is 3. The molecule has 150 valence electrons. The van der Waals surface area contributed by atoms with E-state index in [2.05, 4.69) is 25.8 Å². The maximum Gasteiger partial charge on any atom is 0.435 e. The minimum atomic E-state index is -4.60. The van der Waals surface area contributed by atoms with Gasteiger partial charge in [0.15, 0.2) is 11.3 Å². The van der Waals surface area contributed by atoms with Gasteiger partial charge in [0.25, 0.3) is 0 Å². The third-order valence-corrected chi connectivity index (χ3v) is 4.45. The van der Waals surface area contributed by atoms with E-state index in [0.717, 1.165) is 22.7 Å². The van der Waals surface area contributed by atoms with Crippen molar-refractivity contribution in [1.82, 2.24) is 24.4 Å². The first-order valence-corrected chi connectivity index (χ1v) is 8.71. The molecule has 8 nitrogen and oxygen atoms in total. The van der Waals surface area contributed by atoms with E-state index in [-0.39, 0.29) is 16.9 Å². The molecule has 0 saturated heterocycles. The fraction of sp³-hybridized carbons (Fsp3) is 0.375. The van der Waals surface area contributed by atoms with Gasteiger partial charge in [-0.1, -0.05) is 25.4 Å². The summed E-state index contributed by atoms with van der Waals surface area (Å²) in [4.78, 5) is 16.6. The molecule has 0 aliphatic carbocycles. The van der Waals surface area contributed by atoms with Crippen LogP contribution in [0.2, 0.25) is 5.15 Å². The molecule has 0 aliphatic rings. The van der Waals surface area contributed by atoms with E-state index in [0.29, 0.717) is 11.3 Å². The van der Waals surface area contributed by atoms with E-state index in [1.54, 1.807) is 6.20 Å². The zero-order valence-corrected chi connectivity index (χ0v) is 15.9. The number of rotatable bonds is 4. The molecule has 3 aromatic heterocycles. The summed E-state index contributed by atoms with van der Waals surface area (Å²) in [6.07, 6.45) is -0.860. The van der Waals surface area contributed by atoms with Gasteiger partial charge in [-0.25, -0.2) is 14.3 Å². The quantitative estimate of drug-likeness (QED) is 0.665. The van der Waals surface area contributed by atoms with Crippen molar-refractivity contribution >= 4 is 34.8 Å². The number of halogens is 4. The Balaban J connectivity index is 1.88. The maximum absolute atomic E-state index is 12.8. The Morgan fingerprint density at radius 3 is 2.68 bits per heavy atom. The van der Waals surface area contributed by atoms with Crippen LogP contribution in [0.25, 0.3) is 5.65 Å². The minimum absolute atomic E-state index is 0.0211. The normalized spacial score (nSPS) is 13.0. The van der Waals surface area contributed by atoms with Crippen LogP contribution in [0.3, 0.4) is 0 Å². The molecule has 12 heteroatoms. The summed E-state index contributed by atoms with van der Waals surface area (Å²) in [6, 6.07) is 0.0235. The predicted octanol–water partition coefficient (Wildman–Crippen LogP) is 4.29. The van der Waals surface area contributed by atoms with Crippen LogP contribution in [0.5, 0.6) is 0 Å². The molecular formula is C16H17ClF3N7O. The first-order valence-electron chi connectivity index (χ1n) is 8.33. The lowest BCUT2D eigenvalue weighted by Crippen LogP contribution is -2.22. The second-order valence-electron chi connectivity index (χ2n) is 6.23. The topological polar surface area (TPSA) is 89.1 Å². The largest absolute Gasteiger partial charge is 0.435 e. The molecule has 0 bridgehead atoms. The summed E-state index contributed by atoms with van der Waals surface area (Å²) < 4.78 is 40.7. The van der Waals surface area contributed by atoms with Crippen LogP contribution in [-0.4, -0.2) is 30.4 Å². The molecule has 3 rings (SSSR count). The zero-order chi connectivity index (χ0) is 20.6. The molecule has 1 unspecified atom stereocenters. The molecule has 2 N–H and O–H groups in total. The van der Waals surface area contributed by atoms with E-state index in [1.165, 1.54) is 17.8 Å². The number of amides is 2. The van der Waals surface area contributed by atoms with Crippen LogP contribution < -0.4 is 10.6 Å². The maximum atomic E-state index is 12.8. The molecule has 0 aromatic carbocycles. The van der Waals surface area contributed by atoms with Gasteiger partial charge in [-0.2, -0.15) is 23.4 Å². The Morgan fingerprint density at radius 1 is 1.36 bits per heavy atom. The van der Waals surface area contributed by atoms with Crippen LogP contribution in [-0.2, 0) is 13.2 Å². The van der Waals surface area contributed by atoms with Crippen molar-refractivity contribution in [2.24, 2.45) is 7.05 Å². The van der Waals surface area contributed by atoms with Gasteiger partial charge < -0.3 is 5.32 Å². The molecule has 0 spiro atoms. The molecule has 0 fully saturated rings. The lowest BCUT2D eigenvalue weighted by Gasteiger charge is -2.16. The number of carbonyl (C=O) groups is 1. The van der Waals surface area contributed by atoms with Crippen molar-refractivity contribution in [3.05, 3.63) is 34.9 Å². The molecule has 0 radical (unpaired) electrons. The highest BCUT2D eigenvalue weighted by atomic mass is 35.5. The first kappa shape index (κ1) is 19.9. The van der Waals surface area contributed by atoms with Crippen molar-refractivity contribution in [3.63, 3.8) is 0 Å². The number of hydrogen-bond acceptors (Lipinski definition) is 4. The lowest BCUT2D eigenvalue weighted by molar-refractivity contribution is -0.141. The molecule has 0 aliphatic heterocycles. The van der Waals surface area contributed by atoms with Gasteiger partial charge in [-0.05, 0) is 12.3 Å². The Hall–Kier alpha value is -2.82. The summed E-state index contributed by atoms with van der Waals surface area (Å²) in [5, 5.41) is 12.7. The van der Waals surface area contributed by atoms with Crippen LogP contribution in [0.4, 0.5) is 29.5 Å². The average molecular weight is 416 g/mol. The van der Waals surface area contributed by atoms with E-state index in [1.807, 2.05) is 13.8 Å². The van der Waals surface area contributed by atoms with Gasteiger partial charge in [0.05, 0.1) is 18.1 Å². The smallest absolute Gasteiger partial charge is 0.306 e. The standard InChI is InChI=1S/C16H17ClF3N7O/c1-4-8(2)13-9(6-21-27-7-11(17)23-14(13)27)22-15(28)24-12-5-10(16(18,19)20)25-26(12)3/h5-8H,4H2,1-3H3,(H2,22,24,28). The van der Waals surface area contributed by atoms with Gasteiger partial charge in [-0.15, -0.1) is 0 Å². The monoisotopic (exact) mass is 415 g/mol. The van der Waals surface area contributed by atoms with Gasteiger partial charge in [0.2, 0.25) is 0 Å². The summed E-state index contributed by atoms with van der Waals surface area (Å²) in [6.45, 7) is 3.93. The zero-order valence-electron chi connectivity index (χ0n) is 15.2. The first-order chi connectivity index (χ1) is 13.1. The number of fused-ring (bicyclic) bond motifs is 1. The summed E-state index contributed by atoms with van der Waals surface area (Å²) >= 11 is 5.95. The molecule has 3 aromatic rings. The summed E-state index contributed by atoms with van der Waals surface area (Å²) in [5.41, 5.74) is 0.512. The van der Waals surface area contributed by atoms with Crippen LogP contribution in [0, 0.1) is 0 Å². The number of carbonyl (C=O) groups excluding carboxylic acids is 1. The number of nitrogens with zero attached hydrogens (tertiary/aromatic N) is 5. The highest BCUT2D eigenvalue weighted by molar-refractivity contribution is 6.29. The van der Waals surface area contributed by atoms with E-state index >= 15 is 0 Å². The van der Waals surface area contributed by atoms with E-state index in [4.69, 9.17) is 11.6 Å². The van der Waals surface area contributed by atoms with Crippen molar-refractivity contribution in [3.8, 4) is 0 Å². The Kier molecular flexibility index (Phi) is 5.20. The molecular weight excluding hydrogens is 399 g/mol. The number of anilines is 2. The van der Waals surface area contributed by atoms with Crippen LogP contribution in [0.15, 0.2) is 18.5 Å². The van der Waals surface area contributed by atoms with Crippen molar-refractivity contribution < 1.29 is 18.0 Å². The van der Waals surface area contributed by atoms with E-state index in [9.17, 15) is 18.0 Å². The molecule has 1 atom stereocenters. The predicted molar refractivity (Wildman–Crippen MR) is 97.6 cm³/mol. The number of urea groups is 1. The molecule has 2 amide bonds. The van der Waals surface area contributed by atoms with Crippen molar-refractivity contribution in [1.29, 1.82) is 0 Å². The average Bonchev–Trinajstić information content (AvgIpc) is 3.16. The van der Waals surface area contributed by atoms with Crippen molar-refractivity contribution in [2.45, 2.75) is 32.4 Å². The summed E-state index contributed by atoms with van der Waals surface area (Å²) in [7, 11) is 1.30. The second kappa shape index (κ2) is 7.30. The Morgan fingerprint density at radius 2 is 2.07 bits per heavy atom. The summed E-state index contributed by atoms with van der Waals surface area (Å²) in [5.74, 6) is -0.0828. The molecule has 0 saturated carbocycles. The number of hydrogen-bond donors (Lipinski definition) is 2. The number of nitrogens with one attached hydrogen (secondary N) is 2. The fourth-order valence-corrected chi connectivity index (χ4v) is 2.88. The highest BCUT2D eigenvalue weighted by Crippen LogP contribution is 2.31. The number of aryl methyl sites for hydroxylation is 1. The highest BCUT2D eigenvalue weighted by Gasteiger charge is 2.34. The number of imidazole rings is 1. The van der Waals surface area contributed by atoms with Gasteiger partial charge in [0.1, 0.15) is 11.0 Å². The minimum Gasteiger partial charge on any atom is -0.306 e.